The van der Waals surface area contributed by atoms with Gasteiger partial charge in [-0.3, -0.25) is 4.79 Å². The molecule has 1 aromatic rings. The third-order valence-corrected chi connectivity index (χ3v) is 2.72. The summed E-state index contributed by atoms with van der Waals surface area (Å²) in [7, 11) is 1.84. The largest absolute Gasteiger partial charge is 0.481 e. The number of carbonyl (C=O) groups excluding carboxylic acids is 1. The molecule has 0 bridgehead atoms. The van der Waals surface area contributed by atoms with E-state index in [1.807, 2.05) is 13.1 Å². The number of benzene rings is 1. The van der Waals surface area contributed by atoms with Gasteiger partial charge in [-0.15, -0.1) is 6.58 Å². The van der Waals surface area contributed by atoms with E-state index in [0.717, 1.165) is 5.56 Å². The highest BCUT2D eigenvalue weighted by Gasteiger charge is 2.15. The SMILES string of the molecule is C=CCNC(=O)C(C)Oc1ccc(Cl)cc1CNC. The van der Waals surface area contributed by atoms with Gasteiger partial charge in [0.1, 0.15) is 5.75 Å². The van der Waals surface area contributed by atoms with Gasteiger partial charge in [0.05, 0.1) is 0 Å². The summed E-state index contributed by atoms with van der Waals surface area (Å²) in [5.74, 6) is 0.477. The normalized spacial score (nSPS) is 11.7. The van der Waals surface area contributed by atoms with Crippen molar-refractivity contribution >= 4 is 17.5 Å². The van der Waals surface area contributed by atoms with Gasteiger partial charge in [0.2, 0.25) is 0 Å². The third kappa shape index (κ3) is 4.93. The average Bonchev–Trinajstić information content (AvgIpc) is 2.39. The number of halogens is 1. The van der Waals surface area contributed by atoms with Crippen LogP contribution in [-0.4, -0.2) is 25.6 Å². The Morgan fingerprint density at radius 1 is 1.58 bits per heavy atom. The first-order valence-electron chi connectivity index (χ1n) is 6.06. The first kappa shape index (κ1) is 15.5. The lowest BCUT2D eigenvalue weighted by Crippen LogP contribution is -2.36. The predicted molar refractivity (Wildman–Crippen MR) is 77.5 cm³/mol. The van der Waals surface area contributed by atoms with Crippen molar-refractivity contribution in [3.05, 3.63) is 41.4 Å². The molecule has 0 fully saturated rings. The minimum Gasteiger partial charge on any atom is -0.481 e. The lowest BCUT2D eigenvalue weighted by molar-refractivity contribution is -0.127. The molecule has 19 heavy (non-hydrogen) atoms. The molecule has 1 atom stereocenters. The van der Waals surface area contributed by atoms with E-state index in [9.17, 15) is 4.79 Å². The van der Waals surface area contributed by atoms with Crippen molar-refractivity contribution in [3.8, 4) is 5.75 Å². The Morgan fingerprint density at radius 3 is 2.95 bits per heavy atom. The zero-order valence-corrected chi connectivity index (χ0v) is 12.0. The number of ether oxygens (including phenoxy) is 1. The number of carbonyl (C=O) groups is 1. The maximum atomic E-state index is 11.7. The fourth-order valence-corrected chi connectivity index (χ4v) is 1.75. The Labute approximate surface area is 118 Å². The van der Waals surface area contributed by atoms with Crippen LogP contribution < -0.4 is 15.4 Å². The molecule has 0 radical (unpaired) electrons. The molecule has 1 rings (SSSR count). The number of rotatable bonds is 7. The van der Waals surface area contributed by atoms with E-state index < -0.39 is 6.10 Å². The molecule has 1 aromatic carbocycles. The van der Waals surface area contributed by atoms with Gasteiger partial charge in [-0.2, -0.15) is 0 Å². The van der Waals surface area contributed by atoms with Gasteiger partial charge < -0.3 is 15.4 Å². The number of amides is 1. The quantitative estimate of drug-likeness (QED) is 0.753. The highest BCUT2D eigenvalue weighted by Crippen LogP contribution is 2.23. The predicted octanol–water partition coefficient (Wildman–Crippen LogP) is 2.13. The smallest absolute Gasteiger partial charge is 0.261 e. The molecule has 0 saturated heterocycles. The fourth-order valence-electron chi connectivity index (χ4n) is 1.55. The van der Waals surface area contributed by atoms with Crippen LogP contribution in [0.1, 0.15) is 12.5 Å². The summed E-state index contributed by atoms with van der Waals surface area (Å²) in [5.41, 5.74) is 0.915. The number of hydrogen-bond donors (Lipinski definition) is 2. The molecule has 0 spiro atoms. The van der Waals surface area contributed by atoms with Crippen LogP contribution in [0.2, 0.25) is 5.02 Å². The maximum Gasteiger partial charge on any atom is 0.261 e. The summed E-state index contributed by atoms with van der Waals surface area (Å²) < 4.78 is 5.67. The second-order valence-electron chi connectivity index (χ2n) is 4.08. The molecular weight excluding hydrogens is 264 g/mol. The molecule has 0 saturated carbocycles. The minimum absolute atomic E-state index is 0.176. The molecular formula is C14H19ClN2O2. The molecule has 1 amide bonds. The first-order chi connectivity index (χ1) is 9.08. The standard InChI is InChI=1S/C14H19ClN2O2/c1-4-7-17-14(18)10(2)19-13-6-5-12(15)8-11(13)9-16-3/h4-6,8,10,16H,1,7,9H2,2-3H3,(H,17,18). The van der Waals surface area contributed by atoms with Crippen LogP contribution in [0, 0.1) is 0 Å². The monoisotopic (exact) mass is 282 g/mol. The van der Waals surface area contributed by atoms with Crippen LogP contribution in [0.3, 0.4) is 0 Å². The van der Waals surface area contributed by atoms with Crippen LogP contribution >= 0.6 is 11.6 Å². The lowest BCUT2D eigenvalue weighted by Gasteiger charge is -2.17. The van der Waals surface area contributed by atoms with Crippen molar-refractivity contribution in [1.29, 1.82) is 0 Å². The number of hydrogen-bond acceptors (Lipinski definition) is 3. The van der Waals surface area contributed by atoms with Crippen LogP contribution in [0.25, 0.3) is 0 Å². The van der Waals surface area contributed by atoms with E-state index >= 15 is 0 Å². The third-order valence-electron chi connectivity index (χ3n) is 2.48. The Kier molecular flexibility index (Phi) is 6.39. The van der Waals surface area contributed by atoms with Gasteiger partial charge in [0.15, 0.2) is 6.10 Å². The van der Waals surface area contributed by atoms with Crippen molar-refractivity contribution < 1.29 is 9.53 Å². The molecule has 5 heteroatoms. The average molecular weight is 283 g/mol. The number of nitrogens with one attached hydrogen (secondary N) is 2. The van der Waals surface area contributed by atoms with Gasteiger partial charge in [-0.05, 0) is 32.2 Å². The molecule has 104 valence electrons. The zero-order chi connectivity index (χ0) is 14.3. The summed E-state index contributed by atoms with van der Waals surface area (Å²) >= 11 is 5.95. The summed E-state index contributed by atoms with van der Waals surface area (Å²) in [6.07, 6.45) is 1.05. The first-order valence-corrected chi connectivity index (χ1v) is 6.44. The van der Waals surface area contributed by atoms with E-state index in [0.29, 0.717) is 23.9 Å². The second-order valence-corrected chi connectivity index (χ2v) is 4.51. The van der Waals surface area contributed by atoms with Crippen molar-refractivity contribution in [2.75, 3.05) is 13.6 Å². The Balaban J connectivity index is 2.74. The Bertz CT molecular complexity index is 449. The minimum atomic E-state index is -0.572. The van der Waals surface area contributed by atoms with E-state index in [-0.39, 0.29) is 5.91 Å². The van der Waals surface area contributed by atoms with Crippen LogP contribution in [0.4, 0.5) is 0 Å². The van der Waals surface area contributed by atoms with E-state index in [1.54, 1.807) is 25.1 Å². The van der Waals surface area contributed by atoms with Gasteiger partial charge in [-0.1, -0.05) is 17.7 Å². The maximum absolute atomic E-state index is 11.7. The van der Waals surface area contributed by atoms with Crippen LogP contribution in [0.5, 0.6) is 5.75 Å². The fraction of sp³-hybridized carbons (Fsp3) is 0.357. The molecule has 4 nitrogen and oxygen atoms in total. The van der Waals surface area contributed by atoms with Gasteiger partial charge in [0, 0.05) is 23.7 Å². The Morgan fingerprint density at radius 2 is 2.32 bits per heavy atom. The summed E-state index contributed by atoms with van der Waals surface area (Å²) in [6.45, 7) is 6.30. The van der Waals surface area contributed by atoms with E-state index in [2.05, 4.69) is 17.2 Å². The van der Waals surface area contributed by atoms with Gasteiger partial charge >= 0.3 is 0 Å². The molecule has 0 aliphatic carbocycles. The van der Waals surface area contributed by atoms with Crippen LogP contribution in [0.15, 0.2) is 30.9 Å². The second kappa shape index (κ2) is 7.81. The zero-order valence-electron chi connectivity index (χ0n) is 11.2. The van der Waals surface area contributed by atoms with Gasteiger partial charge in [-0.25, -0.2) is 0 Å². The van der Waals surface area contributed by atoms with E-state index in [4.69, 9.17) is 16.3 Å². The van der Waals surface area contributed by atoms with Crippen LogP contribution in [-0.2, 0) is 11.3 Å². The van der Waals surface area contributed by atoms with E-state index in [1.165, 1.54) is 0 Å². The van der Waals surface area contributed by atoms with Crippen molar-refractivity contribution in [2.24, 2.45) is 0 Å². The highest BCUT2D eigenvalue weighted by atomic mass is 35.5. The summed E-state index contributed by atoms with van der Waals surface area (Å²) in [6, 6.07) is 5.33. The van der Waals surface area contributed by atoms with Crippen molar-refractivity contribution in [3.63, 3.8) is 0 Å². The molecule has 2 N–H and O–H groups in total. The molecule has 0 heterocycles. The van der Waals surface area contributed by atoms with Gasteiger partial charge in [0.25, 0.3) is 5.91 Å². The molecule has 0 aromatic heterocycles. The molecule has 0 aliphatic heterocycles. The topological polar surface area (TPSA) is 50.4 Å². The summed E-state index contributed by atoms with van der Waals surface area (Å²) in [5, 5.41) is 6.37. The van der Waals surface area contributed by atoms with Crippen molar-refractivity contribution in [2.45, 2.75) is 19.6 Å². The molecule has 1 unspecified atom stereocenters. The summed E-state index contributed by atoms with van der Waals surface area (Å²) in [4.78, 5) is 11.7. The molecule has 0 aliphatic rings. The Hall–Kier alpha value is -1.52. The lowest BCUT2D eigenvalue weighted by atomic mass is 10.2. The van der Waals surface area contributed by atoms with Crippen molar-refractivity contribution in [1.82, 2.24) is 10.6 Å². The highest BCUT2D eigenvalue weighted by molar-refractivity contribution is 6.30.